The normalized spacial score (nSPS) is 11.3. The van der Waals surface area contributed by atoms with Gasteiger partial charge in [0.2, 0.25) is 11.6 Å². The molecule has 0 aliphatic carbocycles. The molecule has 2 heterocycles. The van der Waals surface area contributed by atoms with Crippen molar-refractivity contribution in [1.29, 1.82) is 0 Å². The van der Waals surface area contributed by atoms with E-state index in [9.17, 15) is 4.79 Å². The van der Waals surface area contributed by atoms with Gasteiger partial charge in [-0.2, -0.15) is 0 Å². The number of nitrogens with zero attached hydrogens (tertiary/aromatic N) is 2. The van der Waals surface area contributed by atoms with E-state index in [1.54, 1.807) is 33.5 Å². The lowest BCUT2D eigenvalue weighted by Gasteiger charge is -2.13. The predicted molar refractivity (Wildman–Crippen MR) is 130 cm³/mol. The van der Waals surface area contributed by atoms with Gasteiger partial charge in [-0.25, -0.2) is 4.79 Å². The number of rotatable bonds is 8. The van der Waals surface area contributed by atoms with Gasteiger partial charge >= 0.3 is 5.63 Å². The minimum Gasteiger partial charge on any atom is -0.493 e. The van der Waals surface area contributed by atoms with Crippen molar-refractivity contribution < 1.29 is 23.0 Å². The number of fused-ring (bicyclic) bond motifs is 1. The molecule has 0 fully saturated rings. The van der Waals surface area contributed by atoms with E-state index in [1.165, 1.54) is 23.4 Å². The molecule has 0 aliphatic rings. The van der Waals surface area contributed by atoms with Crippen LogP contribution < -0.4 is 19.8 Å². The van der Waals surface area contributed by atoms with Crippen LogP contribution in [0.5, 0.6) is 17.2 Å². The first-order valence-electron chi connectivity index (χ1n) is 10.7. The number of benzene rings is 2. The van der Waals surface area contributed by atoms with Gasteiger partial charge in [-0.15, -0.1) is 10.2 Å². The monoisotopic (exact) mass is 482 g/mol. The minimum absolute atomic E-state index is 0.317. The summed E-state index contributed by atoms with van der Waals surface area (Å²) in [6, 6.07) is 9.04. The molecule has 0 unspecified atom stereocenters. The van der Waals surface area contributed by atoms with Crippen LogP contribution in [0, 0.1) is 6.92 Å². The average molecular weight is 483 g/mol. The summed E-state index contributed by atoms with van der Waals surface area (Å²) in [6.07, 6.45) is 0. The predicted octanol–water partition coefficient (Wildman–Crippen LogP) is 5.59. The molecule has 0 atom stereocenters. The van der Waals surface area contributed by atoms with Gasteiger partial charge < -0.3 is 23.0 Å². The molecular formula is C25H26N2O6S. The van der Waals surface area contributed by atoms with E-state index >= 15 is 0 Å². The van der Waals surface area contributed by atoms with Crippen molar-refractivity contribution in [3.8, 4) is 28.7 Å². The molecule has 0 spiro atoms. The van der Waals surface area contributed by atoms with Crippen molar-refractivity contribution in [2.75, 3.05) is 21.3 Å². The molecule has 4 rings (SSSR count). The maximum absolute atomic E-state index is 12.1. The number of aryl methyl sites for hydroxylation is 1. The van der Waals surface area contributed by atoms with Crippen LogP contribution >= 0.6 is 11.8 Å². The molecule has 2 aromatic carbocycles. The maximum atomic E-state index is 12.1. The van der Waals surface area contributed by atoms with Crippen LogP contribution in [0.3, 0.4) is 0 Å². The van der Waals surface area contributed by atoms with E-state index in [-0.39, 0.29) is 5.63 Å². The van der Waals surface area contributed by atoms with Gasteiger partial charge in [-0.1, -0.05) is 25.6 Å². The second-order valence-corrected chi connectivity index (χ2v) is 8.95. The highest BCUT2D eigenvalue weighted by molar-refractivity contribution is 7.98. The Morgan fingerprint density at radius 3 is 2.26 bits per heavy atom. The van der Waals surface area contributed by atoms with Crippen LogP contribution in [0.15, 0.2) is 49.2 Å². The topological polar surface area (TPSA) is 96.8 Å². The lowest BCUT2D eigenvalue weighted by molar-refractivity contribution is 0.324. The molecule has 0 aliphatic heterocycles. The Balaban J connectivity index is 1.63. The Kier molecular flexibility index (Phi) is 6.83. The van der Waals surface area contributed by atoms with Crippen molar-refractivity contribution >= 4 is 22.7 Å². The molecule has 4 aromatic rings. The van der Waals surface area contributed by atoms with Crippen molar-refractivity contribution in [3.63, 3.8) is 0 Å². The summed E-state index contributed by atoms with van der Waals surface area (Å²) in [5.74, 6) is 2.60. The molecule has 0 bridgehead atoms. The zero-order chi connectivity index (χ0) is 24.4. The molecule has 8 nitrogen and oxygen atoms in total. The quantitative estimate of drug-likeness (QED) is 0.235. The van der Waals surface area contributed by atoms with Crippen molar-refractivity contribution in [3.05, 3.63) is 57.4 Å². The molecule has 0 amide bonds. The highest BCUT2D eigenvalue weighted by atomic mass is 32.2. The zero-order valence-electron chi connectivity index (χ0n) is 19.9. The third kappa shape index (κ3) is 4.61. The maximum Gasteiger partial charge on any atom is 0.336 e. The number of ether oxygens (including phenoxy) is 3. The van der Waals surface area contributed by atoms with Gasteiger partial charge in [-0.05, 0) is 53.8 Å². The molecule has 0 radical (unpaired) electrons. The van der Waals surface area contributed by atoms with Crippen molar-refractivity contribution in [2.45, 2.75) is 37.7 Å². The summed E-state index contributed by atoms with van der Waals surface area (Å²) < 4.78 is 27.5. The number of thioether (sulfide) groups is 1. The van der Waals surface area contributed by atoms with Crippen LogP contribution in [0.1, 0.15) is 36.5 Å². The minimum atomic E-state index is -0.386. The van der Waals surface area contributed by atoms with Gasteiger partial charge in [0.05, 0.1) is 21.3 Å². The molecule has 34 heavy (non-hydrogen) atoms. The van der Waals surface area contributed by atoms with Crippen molar-refractivity contribution in [1.82, 2.24) is 10.2 Å². The highest BCUT2D eigenvalue weighted by Crippen LogP contribution is 2.41. The van der Waals surface area contributed by atoms with Gasteiger partial charge in [0.1, 0.15) is 5.58 Å². The first kappa shape index (κ1) is 23.7. The molecule has 9 heteroatoms. The Bertz CT molecular complexity index is 1370. The first-order valence-corrected chi connectivity index (χ1v) is 11.7. The second kappa shape index (κ2) is 9.80. The molecule has 0 saturated heterocycles. The summed E-state index contributed by atoms with van der Waals surface area (Å²) >= 11 is 1.35. The summed E-state index contributed by atoms with van der Waals surface area (Å²) in [4.78, 5) is 12.1. The lowest BCUT2D eigenvalue weighted by atomic mass is 9.95. The highest BCUT2D eigenvalue weighted by Gasteiger charge is 2.18. The lowest BCUT2D eigenvalue weighted by Crippen LogP contribution is -2.02. The van der Waals surface area contributed by atoms with Crippen LogP contribution in [0.4, 0.5) is 0 Å². The smallest absolute Gasteiger partial charge is 0.336 e. The number of aromatic nitrogens is 2. The first-order chi connectivity index (χ1) is 16.3. The van der Waals surface area contributed by atoms with Gasteiger partial charge in [0.25, 0.3) is 5.22 Å². The number of methoxy groups -OCH3 is 3. The van der Waals surface area contributed by atoms with E-state index in [2.05, 4.69) is 30.1 Å². The zero-order valence-corrected chi connectivity index (χ0v) is 20.7. The average Bonchev–Trinajstić information content (AvgIpc) is 3.29. The van der Waals surface area contributed by atoms with Gasteiger partial charge in [0, 0.05) is 22.8 Å². The fourth-order valence-electron chi connectivity index (χ4n) is 3.86. The molecular weight excluding hydrogens is 456 g/mol. The van der Waals surface area contributed by atoms with E-state index in [1.807, 2.05) is 13.0 Å². The summed E-state index contributed by atoms with van der Waals surface area (Å²) in [6.45, 7) is 6.31. The van der Waals surface area contributed by atoms with Gasteiger partial charge in [-0.3, -0.25) is 0 Å². The summed E-state index contributed by atoms with van der Waals surface area (Å²) in [5.41, 5.74) is 4.00. The third-order valence-corrected chi connectivity index (χ3v) is 6.38. The number of hydrogen-bond donors (Lipinski definition) is 0. The Morgan fingerprint density at radius 2 is 1.65 bits per heavy atom. The summed E-state index contributed by atoms with van der Waals surface area (Å²) in [5, 5.41) is 9.60. The fourth-order valence-corrected chi connectivity index (χ4v) is 4.62. The van der Waals surface area contributed by atoms with E-state index < -0.39 is 0 Å². The van der Waals surface area contributed by atoms with E-state index in [0.717, 1.165) is 16.5 Å². The van der Waals surface area contributed by atoms with Crippen LogP contribution in [0.2, 0.25) is 0 Å². The van der Waals surface area contributed by atoms with Crippen molar-refractivity contribution in [2.24, 2.45) is 0 Å². The molecule has 0 N–H and O–H groups in total. The summed E-state index contributed by atoms with van der Waals surface area (Å²) in [7, 11) is 4.63. The van der Waals surface area contributed by atoms with Crippen LogP contribution in [0.25, 0.3) is 22.4 Å². The van der Waals surface area contributed by atoms with Crippen LogP contribution in [-0.4, -0.2) is 31.5 Å². The van der Waals surface area contributed by atoms with Crippen LogP contribution in [-0.2, 0) is 5.75 Å². The molecule has 0 saturated carbocycles. The standard InChI is InChI=1S/C25H26N2O6S/c1-13(2)17-11-18-16(10-22(28)32-19(18)7-14(17)3)12-34-25-27-26-24(33-25)15-8-20(29-4)23(31-6)21(9-15)30-5/h7-11,13H,12H2,1-6H3. The molecule has 2 aromatic heterocycles. The Labute approximate surface area is 201 Å². The van der Waals surface area contributed by atoms with E-state index in [0.29, 0.717) is 51.2 Å². The largest absolute Gasteiger partial charge is 0.493 e. The third-order valence-electron chi connectivity index (χ3n) is 5.51. The number of hydrogen-bond acceptors (Lipinski definition) is 9. The fraction of sp³-hybridized carbons (Fsp3) is 0.320. The Morgan fingerprint density at radius 1 is 0.941 bits per heavy atom. The van der Waals surface area contributed by atoms with E-state index in [4.69, 9.17) is 23.0 Å². The SMILES string of the molecule is COc1cc(-c2nnc(SCc3cc(=O)oc4cc(C)c(C(C)C)cc34)o2)cc(OC)c1OC. The Hall–Kier alpha value is -3.46. The second-order valence-electron chi connectivity index (χ2n) is 8.03. The van der Waals surface area contributed by atoms with Gasteiger partial charge in [0.15, 0.2) is 11.5 Å². The molecule has 178 valence electrons.